The first-order valence-electron chi connectivity index (χ1n) is 3.46. The molecule has 1 unspecified atom stereocenters. The van der Waals surface area contributed by atoms with E-state index in [-0.39, 0.29) is 12.1 Å². The fourth-order valence-corrected chi connectivity index (χ4v) is 0.830. The van der Waals surface area contributed by atoms with Gasteiger partial charge in [-0.1, -0.05) is 5.57 Å². The number of halogens is 1. The van der Waals surface area contributed by atoms with E-state index in [2.05, 4.69) is 0 Å². The molecule has 0 aromatic heterocycles. The number of carbonyl (C=O) groups is 1. The second-order valence-electron chi connectivity index (χ2n) is 2.46. The third-order valence-corrected chi connectivity index (χ3v) is 1.50. The molecule has 0 radical (unpaired) electrons. The Bertz CT molecular complexity index is 163. The van der Waals surface area contributed by atoms with E-state index in [1.165, 1.54) is 6.92 Å². The van der Waals surface area contributed by atoms with Crippen LogP contribution in [0.4, 0.5) is 0 Å². The molecule has 0 spiro atoms. The molecule has 0 amide bonds. The van der Waals surface area contributed by atoms with Crippen LogP contribution >= 0.6 is 11.6 Å². The van der Waals surface area contributed by atoms with Crippen LogP contribution in [0, 0.1) is 0 Å². The Hall–Kier alpha value is -0.500. The fourth-order valence-electron chi connectivity index (χ4n) is 0.741. The van der Waals surface area contributed by atoms with E-state index in [9.17, 15) is 4.79 Å². The topological polar surface area (TPSA) is 26.3 Å². The van der Waals surface area contributed by atoms with Gasteiger partial charge < -0.3 is 4.74 Å². The molecular weight excluding hydrogens is 164 g/mol. The highest BCUT2D eigenvalue weighted by Crippen LogP contribution is 2.01. The number of hydrogen-bond donors (Lipinski definition) is 0. The first-order chi connectivity index (χ1) is 5.06. The van der Waals surface area contributed by atoms with Crippen LogP contribution in [0.2, 0.25) is 0 Å². The predicted molar refractivity (Wildman–Crippen MR) is 45.7 cm³/mol. The quantitative estimate of drug-likeness (QED) is 0.374. The van der Waals surface area contributed by atoms with E-state index in [0.29, 0.717) is 5.88 Å². The molecular formula is C8H13ClO2. The Balaban J connectivity index is 3.85. The summed E-state index contributed by atoms with van der Waals surface area (Å²) in [7, 11) is 0. The van der Waals surface area contributed by atoms with Gasteiger partial charge in [0.1, 0.15) is 6.10 Å². The highest BCUT2D eigenvalue weighted by atomic mass is 35.5. The zero-order valence-electron chi connectivity index (χ0n) is 7.06. The molecule has 1 atom stereocenters. The summed E-state index contributed by atoms with van der Waals surface area (Å²) in [5, 5.41) is 0. The standard InChI is InChI=1S/C8H13ClO2/c1-6(5-9)4-7(2)11-8(3)10/h4,7H,5H2,1-3H3/b6-4+. The summed E-state index contributed by atoms with van der Waals surface area (Å²) in [5.41, 5.74) is 1.01. The number of esters is 1. The van der Waals surface area contributed by atoms with Crippen LogP contribution in [-0.4, -0.2) is 18.0 Å². The molecule has 2 nitrogen and oxygen atoms in total. The average molecular weight is 177 g/mol. The Morgan fingerprint density at radius 2 is 2.18 bits per heavy atom. The van der Waals surface area contributed by atoms with Crippen molar-refractivity contribution in [1.29, 1.82) is 0 Å². The average Bonchev–Trinajstić information content (AvgIpc) is 1.85. The largest absolute Gasteiger partial charge is 0.459 e. The number of rotatable bonds is 3. The molecule has 0 rings (SSSR count). The number of hydrogen-bond acceptors (Lipinski definition) is 2. The van der Waals surface area contributed by atoms with Crippen molar-refractivity contribution in [3.8, 4) is 0 Å². The Kier molecular flexibility index (Phi) is 4.95. The Morgan fingerprint density at radius 1 is 1.64 bits per heavy atom. The van der Waals surface area contributed by atoms with Crippen molar-refractivity contribution in [2.24, 2.45) is 0 Å². The maximum absolute atomic E-state index is 10.4. The van der Waals surface area contributed by atoms with Crippen molar-refractivity contribution in [2.75, 3.05) is 5.88 Å². The van der Waals surface area contributed by atoms with Crippen LogP contribution in [0.3, 0.4) is 0 Å². The van der Waals surface area contributed by atoms with Crippen molar-refractivity contribution in [3.05, 3.63) is 11.6 Å². The van der Waals surface area contributed by atoms with E-state index in [4.69, 9.17) is 16.3 Å². The van der Waals surface area contributed by atoms with Crippen molar-refractivity contribution in [3.63, 3.8) is 0 Å². The summed E-state index contributed by atoms with van der Waals surface area (Å²) in [6.07, 6.45) is 1.65. The molecule has 64 valence electrons. The minimum absolute atomic E-state index is 0.175. The lowest BCUT2D eigenvalue weighted by Gasteiger charge is -2.07. The van der Waals surface area contributed by atoms with E-state index in [1.54, 1.807) is 6.92 Å². The summed E-state index contributed by atoms with van der Waals surface area (Å²) in [6, 6.07) is 0. The molecule has 0 aliphatic heterocycles. The van der Waals surface area contributed by atoms with E-state index >= 15 is 0 Å². The van der Waals surface area contributed by atoms with Crippen LogP contribution in [0.15, 0.2) is 11.6 Å². The van der Waals surface area contributed by atoms with Gasteiger partial charge in [0.25, 0.3) is 0 Å². The van der Waals surface area contributed by atoms with Gasteiger partial charge >= 0.3 is 5.97 Å². The maximum atomic E-state index is 10.4. The maximum Gasteiger partial charge on any atom is 0.303 e. The summed E-state index contributed by atoms with van der Waals surface area (Å²) < 4.78 is 4.85. The van der Waals surface area contributed by atoms with Crippen molar-refractivity contribution >= 4 is 17.6 Å². The van der Waals surface area contributed by atoms with Gasteiger partial charge in [-0.15, -0.1) is 11.6 Å². The lowest BCUT2D eigenvalue weighted by atomic mass is 10.2. The summed E-state index contributed by atoms with van der Waals surface area (Å²) in [4.78, 5) is 10.4. The molecule has 11 heavy (non-hydrogen) atoms. The number of ether oxygens (including phenoxy) is 1. The SMILES string of the molecule is CC(=O)OC(C)/C=C(\C)CCl. The van der Waals surface area contributed by atoms with Crippen LogP contribution in [-0.2, 0) is 9.53 Å². The number of carbonyl (C=O) groups excluding carboxylic acids is 1. The van der Waals surface area contributed by atoms with Gasteiger partial charge in [-0.25, -0.2) is 0 Å². The van der Waals surface area contributed by atoms with Crippen LogP contribution in [0.25, 0.3) is 0 Å². The van der Waals surface area contributed by atoms with Crippen molar-refractivity contribution < 1.29 is 9.53 Å². The summed E-state index contributed by atoms with van der Waals surface area (Å²) >= 11 is 5.52. The lowest BCUT2D eigenvalue weighted by molar-refractivity contribution is -0.143. The molecule has 0 bridgehead atoms. The van der Waals surface area contributed by atoms with E-state index < -0.39 is 0 Å². The number of alkyl halides is 1. The Morgan fingerprint density at radius 3 is 2.55 bits per heavy atom. The van der Waals surface area contributed by atoms with Gasteiger partial charge in [0.15, 0.2) is 0 Å². The molecule has 0 heterocycles. The fraction of sp³-hybridized carbons (Fsp3) is 0.625. The smallest absolute Gasteiger partial charge is 0.303 e. The third-order valence-electron chi connectivity index (χ3n) is 1.08. The molecule has 0 saturated heterocycles. The first-order valence-corrected chi connectivity index (χ1v) is 4.00. The van der Waals surface area contributed by atoms with Crippen molar-refractivity contribution in [1.82, 2.24) is 0 Å². The second kappa shape index (κ2) is 5.19. The highest BCUT2D eigenvalue weighted by molar-refractivity contribution is 6.19. The minimum Gasteiger partial charge on any atom is -0.459 e. The summed E-state index contributed by atoms with van der Waals surface area (Å²) in [6.45, 7) is 5.09. The van der Waals surface area contributed by atoms with E-state index in [1.807, 2.05) is 13.0 Å². The van der Waals surface area contributed by atoms with E-state index in [0.717, 1.165) is 5.57 Å². The zero-order valence-corrected chi connectivity index (χ0v) is 7.81. The van der Waals surface area contributed by atoms with Crippen LogP contribution in [0.1, 0.15) is 20.8 Å². The van der Waals surface area contributed by atoms with Gasteiger partial charge in [-0.3, -0.25) is 4.79 Å². The minimum atomic E-state index is -0.267. The first kappa shape index (κ1) is 10.5. The molecule has 0 aromatic carbocycles. The zero-order chi connectivity index (χ0) is 8.85. The molecule has 3 heteroatoms. The van der Waals surface area contributed by atoms with Crippen LogP contribution in [0.5, 0.6) is 0 Å². The number of allylic oxidation sites excluding steroid dienone is 1. The second-order valence-corrected chi connectivity index (χ2v) is 2.73. The highest BCUT2D eigenvalue weighted by Gasteiger charge is 2.00. The molecule has 0 aromatic rings. The normalized spacial score (nSPS) is 14.4. The monoisotopic (exact) mass is 176 g/mol. The molecule has 0 aliphatic rings. The molecule has 0 saturated carbocycles. The molecule has 0 fully saturated rings. The van der Waals surface area contributed by atoms with Gasteiger partial charge in [0.05, 0.1) is 0 Å². The van der Waals surface area contributed by atoms with Gasteiger partial charge in [-0.2, -0.15) is 0 Å². The van der Waals surface area contributed by atoms with Crippen LogP contribution < -0.4 is 0 Å². The Labute approximate surface area is 72.2 Å². The third kappa shape index (κ3) is 5.92. The summed E-state index contributed by atoms with van der Waals surface area (Å²) in [5.74, 6) is 0.210. The molecule has 0 aliphatic carbocycles. The van der Waals surface area contributed by atoms with Gasteiger partial charge in [-0.05, 0) is 19.9 Å². The lowest BCUT2D eigenvalue weighted by Crippen LogP contribution is -2.09. The predicted octanol–water partition coefficient (Wildman–Crippen LogP) is 2.12. The van der Waals surface area contributed by atoms with Crippen molar-refractivity contribution in [2.45, 2.75) is 26.9 Å². The van der Waals surface area contributed by atoms with Gasteiger partial charge in [0, 0.05) is 12.8 Å². The molecule has 0 N–H and O–H groups in total. The van der Waals surface area contributed by atoms with Gasteiger partial charge in [0.2, 0.25) is 0 Å².